The smallest absolute Gasteiger partial charge is 0.262 e. The number of likely N-dealkylation sites (tertiary alicyclic amines) is 1. The van der Waals surface area contributed by atoms with E-state index in [1.165, 1.54) is 19.3 Å². The number of aryl methyl sites for hydroxylation is 1. The SMILES string of the molecule is Cn1nccc1-c1cc(NC(=O)COc2ccccc2)ccc1OCCN1CCCCC1. The highest BCUT2D eigenvalue weighted by molar-refractivity contribution is 5.93. The lowest BCUT2D eigenvalue weighted by atomic mass is 10.1. The van der Waals surface area contributed by atoms with Gasteiger partial charge in [-0.05, 0) is 62.3 Å². The Hall–Kier alpha value is -3.32. The first-order valence-corrected chi connectivity index (χ1v) is 11.1. The normalized spacial score (nSPS) is 14.2. The molecule has 7 heteroatoms. The van der Waals surface area contributed by atoms with Crippen LogP contribution in [0.2, 0.25) is 0 Å². The topological polar surface area (TPSA) is 68.6 Å². The van der Waals surface area contributed by atoms with Gasteiger partial charge in [0, 0.05) is 31.0 Å². The number of hydrogen-bond donors (Lipinski definition) is 1. The Bertz CT molecular complexity index is 1010. The van der Waals surface area contributed by atoms with Gasteiger partial charge in [0.25, 0.3) is 5.91 Å². The van der Waals surface area contributed by atoms with Gasteiger partial charge in [0.1, 0.15) is 18.1 Å². The van der Waals surface area contributed by atoms with Crippen molar-refractivity contribution in [3.63, 3.8) is 0 Å². The number of amides is 1. The summed E-state index contributed by atoms with van der Waals surface area (Å²) in [6.45, 7) is 3.78. The highest BCUT2D eigenvalue weighted by Crippen LogP contribution is 2.32. The number of anilines is 1. The van der Waals surface area contributed by atoms with Gasteiger partial charge in [-0.1, -0.05) is 24.6 Å². The van der Waals surface area contributed by atoms with Crippen LogP contribution < -0.4 is 14.8 Å². The van der Waals surface area contributed by atoms with E-state index in [2.05, 4.69) is 15.3 Å². The second-order valence-corrected chi connectivity index (χ2v) is 7.95. The van der Waals surface area contributed by atoms with Crippen LogP contribution in [-0.2, 0) is 11.8 Å². The summed E-state index contributed by atoms with van der Waals surface area (Å²) >= 11 is 0. The van der Waals surface area contributed by atoms with Gasteiger partial charge >= 0.3 is 0 Å². The predicted molar refractivity (Wildman–Crippen MR) is 125 cm³/mol. The van der Waals surface area contributed by atoms with Gasteiger partial charge < -0.3 is 14.8 Å². The van der Waals surface area contributed by atoms with Gasteiger partial charge in [-0.25, -0.2) is 0 Å². The molecule has 0 atom stereocenters. The van der Waals surface area contributed by atoms with Crippen LogP contribution in [0.1, 0.15) is 19.3 Å². The molecular weight excluding hydrogens is 404 g/mol. The van der Waals surface area contributed by atoms with Crippen LogP contribution in [-0.4, -0.2) is 53.4 Å². The molecule has 4 rings (SSSR count). The maximum absolute atomic E-state index is 12.4. The molecule has 2 aromatic carbocycles. The molecule has 0 bridgehead atoms. The molecule has 0 aliphatic carbocycles. The largest absolute Gasteiger partial charge is 0.492 e. The molecule has 1 fully saturated rings. The molecule has 0 saturated carbocycles. The zero-order valence-electron chi connectivity index (χ0n) is 18.5. The van der Waals surface area contributed by atoms with E-state index in [0.29, 0.717) is 18.0 Å². The third-order valence-electron chi connectivity index (χ3n) is 5.59. The predicted octanol–water partition coefficient (Wildman–Crippen LogP) is 3.97. The standard InChI is InChI=1S/C25H30N4O3/c1-28-23(12-13-26-28)22-18-20(27-25(30)19-32-21-8-4-2-5-9-21)10-11-24(22)31-17-16-29-14-6-3-7-15-29/h2,4-5,8-13,18H,3,6-7,14-17,19H2,1H3,(H,27,30). The summed E-state index contributed by atoms with van der Waals surface area (Å²) in [6.07, 6.45) is 5.61. The number of benzene rings is 2. The van der Waals surface area contributed by atoms with Gasteiger partial charge in [0.05, 0.1) is 5.69 Å². The number of rotatable bonds is 9. The summed E-state index contributed by atoms with van der Waals surface area (Å²) in [6, 6.07) is 16.9. The Morgan fingerprint density at radius 2 is 1.84 bits per heavy atom. The number of carbonyl (C=O) groups is 1. The summed E-state index contributed by atoms with van der Waals surface area (Å²) in [7, 11) is 1.89. The van der Waals surface area contributed by atoms with E-state index in [1.807, 2.05) is 61.6 Å². The van der Waals surface area contributed by atoms with Crippen molar-refractivity contribution < 1.29 is 14.3 Å². The van der Waals surface area contributed by atoms with Crippen molar-refractivity contribution in [1.29, 1.82) is 0 Å². The molecule has 0 unspecified atom stereocenters. The van der Waals surface area contributed by atoms with Crippen molar-refractivity contribution in [2.45, 2.75) is 19.3 Å². The Kier molecular flexibility index (Phi) is 7.40. The quantitative estimate of drug-likeness (QED) is 0.552. The number of ether oxygens (including phenoxy) is 2. The van der Waals surface area contributed by atoms with Crippen LogP contribution in [0, 0.1) is 0 Å². The van der Waals surface area contributed by atoms with Crippen LogP contribution in [0.15, 0.2) is 60.8 Å². The first-order valence-electron chi connectivity index (χ1n) is 11.1. The molecule has 1 saturated heterocycles. The molecule has 0 radical (unpaired) electrons. The van der Waals surface area contributed by atoms with E-state index in [-0.39, 0.29) is 12.5 Å². The monoisotopic (exact) mass is 434 g/mol. The number of carbonyl (C=O) groups excluding carboxylic acids is 1. The molecule has 1 aliphatic rings. The number of hydrogen-bond acceptors (Lipinski definition) is 5. The lowest BCUT2D eigenvalue weighted by Crippen LogP contribution is -2.33. The molecule has 2 heterocycles. The maximum Gasteiger partial charge on any atom is 0.262 e. The molecule has 1 N–H and O–H groups in total. The minimum Gasteiger partial charge on any atom is -0.492 e. The van der Waals surface area contributed by atoms with Crippen molar-refractivity contribution in [3.05, 3.63) is 60.8 Å². The summed E-state index contributed by atoms with van der Waals surface area (Å²) in [5.74, 6) is 1.23. The fourth-order valence-electron chi connectivity index (χ4n) is 3.90. The number of nitrogens with one attached hydrogen (secondary N) is 1. The molecule has 1 amide bonds. The third-order valence-corrected chi connectivity index (χ3v) is 5.59. The number of nitrogens with zero attached hydrogens (tertiary/aromatic N) is 3. The first-order chi connectivity index (χ1) is 15.7. The van der Waals surface area contributed by atoms with Crippen LogP contribution in [0.25, 0.3) is 11.3 Å². The fourth-order valence-corrected chi connectivity index (χ4v) is 3.90. The van der Waals surface area contributed by atoms with E-state index < -0.39 is 0 Å². The van der Waals surface area contributed by atoms with Gasteiger partial charge in [-0.3, -0.25) is 14.4 Å². The molecule has 168 valence electrons. The summed E-state index contributed by atoms with van der Waals surface area (Å²) in [4.78, 5) is 14.8. The second-order valence-electron chi connectivity index (χ2n) is 7.95. The van der Waals surface area contributed by atoms with E-state index in [9.17, 15) is 4.79 Å². The van der Waals surface area contributed by atoms with Gasteiger partial charge in [-0.15, -0.1) is 0 Å². The molecule has 1 aliphatic heterocycles. The van der Waals surface area contributed by atoms with Crippen LogP contribution in [0.3, 0.4) is 0 Å². The Labute approximate surface area is 188 Å². The van der Waals surface area contributed by atoms with Gasteiger partial charge in [0.15, 0.2) is 6.61 Å². The van der Waals surface area contributed by atoms with Crippen LogP contribution in [0.5, 0.6) is 11.5 Å². The van der Waals surface area contributed by atoms with E-state index in [1.54, 1.807) is 10.9 Å². The molecule has 7 nitrogen and oxygen atoms in total. The van der Waals surface area contributed by atoms with E-state index in [0.717, 1.165) is 36.6 Å². The number of para-hydroxylation sites is 1. The Balaban J connectivity index is 1.42. The molecule has 1 aromatic heterocycles. The number of piperidine rings is 1. The highest BCUT2D eigenvalue weighted by Gasteiger charge is 2.14. The van der Waals surface area contributed by atoms with E-state index >= 15 is 0 Å². The lowest BCUT2D eigenvalue weighted by Gasteiger charge is -2.26. The Morgan fingerprint density at radius 1 is 1.03 bits per heavy atom. The minimum absolute atomic E-state index is 0.0564. The van der Waals surface area contributed by atoms with Gasteiger partial charge in [-0.2, -0.15) is 5.10 Å². The van der Waals surface area contributed by atoms with Crippen molar-refractivity contribution in [1.82, 2.24) is 14.7 Å². The van der Waals surface area contributed by atoms with Crippen molar-refractivity contribution >= 4 is 11.6 Å². The van der Waals surface area contributed by atoms with Crippen molar-refractivity contribution in [2.24, 2.45) is 7.05 Å². The average Bonchev–Trinajstić information content (AvgIpc) is 3.25. The second kappa shape index (κ2) is 10.8. The molecule has 0 spiro atoms. The maximum atomic E-state index is 12.4. The average molecular weight is 435 g/mol. The lowest BCUT2D eigenvalue weighted by molar-refractivity contribution is -0.118. The van der Waals surface area contributed by atoms with Crippen molar-refractivity contribution in [2.75, 3.05) is 38.2 Å². The number of aromatic nitrogens is 2. The molecule has 32 heavy (non-hydrogen) atoms. The zero-order valence-corrected chi connectivity index (χ0v) is 18.5. The van der Waals surface area contributed by atoms with Crippen LogP contribution in [0.4, 0.5) is 5.69 Å². The van der Waals surface area contributed by atoms with Crippen molar-refractivity contribution in [3.8, 4) is 22.8 Å². The Morgan fingerprint density at radius 3 is 2.59 bits per heavy atom. The summed E-state index contributed by atoms with van der Waals surface area (Å²) in [5, 5.41) is 7.20. The summed E-state index contributed by atoms with van der Waals surface area (Å²) < 4.78 is 13.5. The minimum atomic E-state index is -0.219. The van der Waals surface area contributed by atoms with Gasteiger partial charge in [0.2, 0.25) is 0 Å². The molecule has 3 aromatic rings. The van der Waals surface area contributed by atoms with E-state index in [4.69, 9.17) is 9.47 Å². The first kappa shape index (κ1) is 21.9. The summed E-state index contributed by atoms with van der Waals surface area (Å²) in [5.41, 5.74) is 2.51. The fraction of sp³-hybridized carbons (Fsp3) is 0.360. The molecular formula is C25H30N4O3. The zero-order chi connectivity index (χ0) is 22.2. The van der Waals surface area contributed by atoms with Crippen LogP contribution >= 0.6 is 0 Å². The highest BCUT2D eigenvalue weighted by atomic mass is 16.5. The third kappa shape index (κ3) is 5.88.